The molecule has 1 aromatic heterocycles. The zero-order valence-electron chi connectivity index (χ0n) is 10.6. The lowest BCUT2D eigenvalue weighted by Gasteiger charge is -2.09. The van der Waals surface area contributed by atoms with E-state index in [4.69, 9.17) is 11.6 Å². The average Bonchev–Trinajstić information content (AvgIpc) is 2.87. The summed E-state index contributed by atoms with van der Waals surface area (Å²) in [6, 6.07) is 0. The van der Waals surface area contributed by atoms with Gasteiger partial charge in [-0.2, -0.15) is 4.98 Å². The van der Waals surface area contributed by atoms with Gasteiger partial charge in [0, 0.05) is 6.54 Å². The molecular formula is C12H17ClN4O2. The first kappa shape index (κ1) is 14.0. The molecule has 0 unspecified atom stereocenters. The van der Waals surface area contributed by atoms with E-state index in [-0.39, 0.29) is 16.8 Å². The molecule has 0 spiro atoms. The molecule has 1 N–H and O–H groups in total. The average molecular weight is 285 g/mol. The van der Waals surface area contributed by atoms with Crippen LogP contribution in [-0.2, 0) is 0 Å². The van der Waals surface area contributed by atoms with Gasteiger partial charge in [0.15, 0.2) is 0 Å². The van der Waals surface area contributed by atoms with Crippen LogP contribution in [0.2, 0.25) is 5.28 Å². The first-order valence-electron chi connectivity index (χ1n) is 6.57. The van der Waals surface area contributed by atoms with Crippen LogP contribution in [0.3, 0.4) is 0 Å². The van der Waals surface area contributed by atoms with Crippen LogP contribution in [0.1, 0.15) is 38.5 Å². The van der Waals surface area contributed by atoms with Gasteiger partial charge < -0.3 is 5.32 Å². The summed E-state index contributed by atoms with van der Waals surface area (Å²) in [7, 11) is 0. The Kier molecular flexibility index (Phi) is 4.90. The molecule has 1 fully saturated rings. The number of nitrogens with zero attached hydrogens (tertiary/aromatic N) is 3. The molecule has 7 heteroatoms. The summed E-state index contributed by atoms with van der Waals surface area (Å²) < 4.78 is 0. The molecule has 1 aliphatic carbocycles. The standard InChI is InChI=1S/C12H17ClN4O2/c13-12-15-8-10(17(18)19)11(16-12)14-7-3-6-9-4-1-2-5-9/h8-9H,1-7H2,(H,14,15,16). The largest absolute Gasteiger partial charge is 0.364 e. The molecule has 19 heavy (non-hydrogen) atoms. The van der Waals surface area contributed by atoms with Crippen molar-refractivity contribution in [1.82, 2.24) is 9.97 Å². The SMILES string of the molecule is O=[N+]([O-])c1cnc(Cl)nc1NCCCC1CCCC1. The number of hydrogen-bond acceptors (Lipinski definition) is 5. The third kappa shape index (κ3) is 4.02. The fourth-order valence-electron chi connectivity index (χ4n) is 2.51. The van der Waals surface area contributed by atoms with Crippen molar-refractivity contribution in [3.8, 4) is 0 Å². The van der Waals surface area contributed by atoms with Crippen molar-refractivity contribution < 1.29 is 4.92 Å². The van der Waals surface area contributed by atoms with Crippen molar-refractivity contribution in [3.05, 3.63) is 21.6 Å². The third-order valence-electron chi connectivity index (χ3n) is 3.49. The van der Waals surface area contributed by atoms with Gasteiger partial charge in [-0.25, -0.2) is 4.98 Å². The number of nitro groups is 1. The van der Waals surface area contributed by atoms with Crippen LogP contribution in [0.25, 0.3) is 0 Å². The Labute approximate surface area is 116 Å². The normalized spacial score (nSPS) is 15.6. The molecule has 0 radical (unpaired) electrons. The quantitative estimate of drug-likeness (QED) is 0.375. The number of anilines is 1. The van der Waals surface area contributed by atoms with Crippen LogP contribution in [-0.4, -0.2) is 21.4 Å². The Morgan fingerprint density at radius 2 is 2.21 bits per heavy atom. The second kappa shape index (κ2) is 6.65. The second-order valence-corrected chi connectivity index (χ2v) is 5.19. The van der Waals surface area contributed by atoms with Gasteiger partial charge in [-0.15, -0.1) is 0 Å². The Balaban J connectivity index is 1.84. The number of nitrogens with one attached hydrogen (secondary N) is 1. The Bertz CT molecular complexity index is 449. The summed E-state index contributed by atoms with van der Waals surface area (Å²) in [5.41, 5.74) is -0.134. The smallest absolute Gasteiger partial charge is 0.329 e. The molecule has 0 aliphatic heterocycles. The topological polar surface area (TPSA) is 81.0 Å². The highest BCUT2D eigenvalue weighted by Crippen LogP contribution is 2.28. The van der Waals surface area contributed by atoms with Crippen LogP contribution in [0.4, 0.5) is 11.5 Å². The maximum atomic E-state index is 10.8. The lowest BCUT2D eigenvalue weighted by molar-refractivity contribution is -0.384. The van der Waals surface area contributed by atoms with Gasteiger partial charge >= 0.3 is 5.69 Å². The first-order chi connectivity index (χ1) is 9.16. The van der Waals surface area contributed by atoms with Gasteiger partial charge in [0.05, 0.1) is 4.92 Å². The summed E-state index contributed by atoms with van der Waals surface area (Å²) in [5, 5.41) is 13.8. The molecule has 6 nitrogen and oxygen atoms in total. The van der Waals surface area contributed by atoms with Crippen molar-refractivity contribution in [2.75, 3.05) is 11.9 Å². The van der Waals surface area contributed by atoms with Crippen LogP contribution >= 0.6 is 11.6 Å². The van der Waals surface area contributed by atoms with Crippen LogP contribution in [0.15, 0.2) is 6.20 Å². The zero-order chi connectivity index (χ0) is 13.7. The van der Waals surface area contributed by atoms with Gasteiger partial charge in [-0.05, 0) is 30.4 Å². The van der Waals surface area contributed by atoms with Crippen molar-refractivity contribution in [1.29, 1.82) is 0 Å². The number of aromatic nitrogens is 2. The fraction of sp³-hybridized carbons (Fsp3) is 0.667. The predicted octanol–water partition coefficient (Wildman–Crippen LogP) is 3.42. The van der Waals surface area contributed by atoms with E-state index in [1.54, 1.807) is 0 Å². The second-order valence-electron chi connectivity index (χ2n) is 4.85. The van der Waals surface area contributed by atoms with Gasteiger partial charge in [-0.1, -0.05) is 25.7 Å². The van der Waals surface area contributed by atoms with E-state index in [2.05, 4.69) is 15.3 Å². The van der Waals surface area contributed by atoms with Crippen LogP contribution in [0.5, 0.6) is 0 Å². The fourth-order valence-corrected chi connectivity index (χ4v) is 2.65. The summed E-state index contributed by atoms with van der Waals surface area (Å²) in [6.45, 7) is 0.671. The maximum Gasteiger partial charge on any atom is 0.329 e. The molecule has 104 valence electrons. The van der Waals surface area contributed by atoms with Crippen LogP contribution in [0, 0.1) is 16.0 Å². The first-order valence-corrected chi connectivity index (χ1v) is 6.95. The molecule has 1 aromatic rings. The number of hydrogen-bond donors (Lipinski definition) is 1. The summed E-state index contributed by atoms with van der Waals surface area (Å²) >= 11 is 5.65. The number of rotatable bonds is 6. The van der Waals surface area contributed by atoms with E-state index >= 15 is 0 Å². The molecule has 1 aliphatic rings. The van der Waals surface area contributed by atoms with Crippen molar-refractivity contribution in [2.24, 2.45) is 5.92 Å². The highest BCUT2D eigenvalue weighted by molar-refractivity contribution is 6.28. The van der Waals surface area contributed by atoms with Gasteiger partial charge in [0.2, 0.25) is 11.1 Å². The lowest BCUT2D eigenvalue weighted by atomic mass is 10.0. The molecule has 2 rings (SSSR count). The van der Waals surface area contributed by atoms with Gasteiger partial charge in [0.1, 0.15) is 6.20 Å². The van der Waals surface area contributed by atoms with E-state index in [1.165, 1.54) is 32.1 Å². The molecule has 0 aromatic carbocycles. The molecule has 1 saturated carbocycles. The summed E-state index contributed by atoms with van der Waals surface area (Å²) in [4.78, 5) is 17.8. The summed E-state index contributed by atoms with van der Waals surface area (Å²) in [6.07, 6.45) is 8.60. The third-order valence-corrected chi connectivity index (χ3v) is 3.68. The maximum absolute atomic E-state index is 10.8. The van der Waals surface area contributed by atoms with E-state index in [9.17, 15) is 10.1 Å². The van der Waals surface area contributed by atoms with Crippen molar-refractivity contribution >= 4 is 23.1 Å². The minimum Gasteiger partial charge on any atom is -0.364 e. The van der Waals surface area contributed by atoms with Gasteiger partial charge in [0.25, 0.3) is 0 Å². The van der Waals surface area contributed by atoms with E-state index in [0.29, 0.717) is 6.54 Å². The zero-order valence-corrected chi connectivity index (χ0v) is 11.4. The Hall–Kier alpha value is -1.43. The molecule has 0 saturated heterocycles. The Morgan fingerprint density at radius 3 is 2.89 bits per heavy atom. The van der Waals surface area contributed by atoms with Crippen molar-refractivity contribution in [3.63, 3.8) is 0 Å². The van der Waals surface area contributed by atoms with Gasteiger partial charge in [-0.3, -0.25) is 10.1 Å². The predicted molar refractivity (Wildman–Crippen MR) is 73.4 cm³/mol. The highest BCUT2D eigenvalue weighted by Gasteiger charge is 2.17. The molecule has 0 bridgehead atoms. The van der Waals surface area contributed by atoms with Crippen molar-refractivity contribution in [2.45, 2.75) is 38.5 Å². The molecule has 1 heterocycles. The monoisotopic (exact) mass is 284 g/mol. The Morgan fingerprint density at radius 1 is 1.47 bits per heavy atom. The van der Waals surface area contributed by atoms with Crippen LogP contribution < -0.4 is 5.32 Å². The number of halogens is 1. The van der Waals surface area contributed by atoms with E-state index in [0.717, 1.165) is 18.5 Å². The molecule has 0 amide bonds. The minimum atomic E-state index is -0.504. The van der Waals surface area contributed by atoms with E-state index in [1.807, 2.05) is 0 Å². The molecular weight excluding hydrogens is 268 g/mol. The highest BCUT2D eigenvalue weighted by atomic mass is 35.5. The van der Waals surface area contributed by atoms with E-state index < -0.39 is 4.92 Å². The summed E-state index contributed by atoms with van der Waals surface area (Å²) in [5.74, 6) is 1.03. The lowest BCUT2D eigenvalue weighted by Crippen LogP contribution is -2.08. The molecule has 0 atom stereocenters. The minimum absolute atomic E-state index is 0.0175.